The Bertz CT molecular complexity index is 2560. The Hall–Kier alpha value is -4.30. The molecule has 0 saturated heterocycles. The fraction of sp³-hybridized carbons (Fsp3) is 0. The molecule has 2 heterocycles. The van der Waals surface area contributed by atoms with Gasteiger partial charge < -0.3 is 8.83 Å². The molecular formula is C30H18O2. The minimum absolute atomic E-state index is 0.315. The van der Waals surface area contributed by atoms with Crippen LogP contribution in [0.25, 0.3) is 66.1 Å². The van der Waals surface area contributed by atoms with Crippen LogP contribution in [0.5, 0.6) is 0 Å². The van der Waals surface area contributed by atoms with Gasteiger partial charge in [0, 0.05) is 32.7 Å². The normalized spacial score (nSPS) is 19.6. The molecule has 32 heavy (non-hydrogen) atoms. The van der Waals surface area contributed by atoms with E-state index in [0.29, 0.717) is 0 Å². The highest BCUT2D eigenvalue weighted by Gasteiger charge is 2.18. The number of para-hydroxylation sites is 4. The van der Waals surface area contributed by atoms with Crippen molar-refractivity contribution in [2.45, 2.75) is 0 Å². The van der Waals surface area contributed by atoms with E-state index in [4.69, 9.17) is 33.5 Å². The summed E-state index contributed by atoms with van der Waals surface area (Å²) < 4.78 is 166. The summed E-state index contributed by atoms with van der Waals surface area (Å²) in [5, 5.41) is -1.34. The van der Waals surface area contributed by atoms with E-state index in [0.717, 1.165) is 0 Å². The maximum Gasteiger partial charge on any atom is 0.143 e. The van der Waals surface area contributed by atoms with Gasteiger partial charge in [0.05, 0.1) is 24.7 Å². The number of hydrogen-bond acceptors (Lipinski definition) is 2. The first-order valence-corrected chi connectivity index (χ1v) is 9.32. The number of fused-ring (bicyclic) bond motifs is 6. The van der Waals surface area contributed by atoms with E-state index in [9.17, 15) is 0 Å². The second kappa shape index (κ2) is 6.60. The average Bonchev–Trinajstić information content (AvgIpc) is 3.69. The van der Waals surface area contributed by atoms with Gasteiger partial charge >= 0.3 is 0 Å². The van der Waals surface area contributed by atoms with Crippen molar-refractivity contribution in [3.63, 3.8) is 0 Å². The maximum absolute atomic E-state index is 9.01. The lowest BCUT2D eigenvalue weighted by Crippen LogP contribution is -1.86. The molecule has 0 saturated carbocycles. The van der Waals surface area contributed by atoms with E-state index in [1.807, 2.05) is 0 Å². The van der Waals surface area contributed by atoms with Crippen molar-refractivity contribution < 1.29 is 33.5 Å². The van der Waals surface area contributed by atoms with Crippen molar-refractivity contribution in [3.8, 4) is 22.3 Å². The van der Waals surface area contributed by atoms with Crippen LogP contribution in [0, 0.1) is 0 Å². The topological polar surface area (TPSA) is 26.3 Å². The van der Waals surface area contributed by atoms with Crippen molar-refractivity contribution in [1.82, 2.24) is 0 Å². The summed E-state index contributed by atoms with van der Waals surface area (Å²) in [5.41, 5.74) is -4.20. The molecule has 0 aliphatic rings. The lowest BCUT2D eigenvalue weighted by molar-refractivity contribution is 0.669. The lowest BCUT2D eigenvalue weighted by Gasteiger charge is -2.11. The second-order valence-corrected chi connectivity index (χ2v) is 6.77. The Morgan fingerprint density at radius 1 is 0.375 bits per heavy atom. The second-order valence-electron chi connectivity index (χ2n) is 6.77. The zero-order chi connectivity index (χ0) is 36.7. The van der Waals surface area contributed by atoms with Crippen LogP contribution in [-0.4, -0.2) is 0 Å². The van der Waals surface area contributed by atoms with Gasteiger partial charge in [-0.1, -0.05) is 96.7 Å². The van der Waals surface area contributed by atoms with E-state index in [1.54, 1.807) is 0 Å². The molecular weight excluding hydrogens is 392 g/mol. The van der Waals surface area contributed by atoms with Gasteiger partial charge in [0.2, 0.25) is 0 Å². The summed E-state index contributed by atoms with van der Waals surface area (Å²) in [6, 6.07) is -13.3. The van der Waals surface area contributed by atoms with Crippen molar-refractivity contribution in [2.24, 2.45) is 0 Å². The van der Waals surface area contributed by atoms with Crippen LogP contribution in [0.4, 0.5) is 0 Å². The highest BCUT2D eigenvalue weighted by atomic mass is 16.3. The first-order valence-electron chi connectivity index (χ1n) is 18.3. The molecule has 2 nitrogen and oxygen atoms in total. The summed E-state index contributed by atoms with van der Waals surface area (Å²) in [4.78, 5) is 0. The molecule has 0 aliphatic carbocycles. The van der Waals surface area contributed by atoms with Crippen LogP contribution in [0.15, 0.2) is 118 Å². The van der Waals surface area contributed by atoms with Crippen molar-refractivity contribution in [2.75, 3.05) is 0 Å². The summed E-state index contributed by atoms with van der Waals surface area (Å²) in [6.45, 7) is 0. The van der Waals surface area contributed by atoms with E-state index in [-0.39, 0.29) is 21.5 Å². The third-order valence-corrected chi connectivity index (χ3v) is 5.06. The molecule has 7 aromatic rings. The van der Waals surface area contributed by atoms with Gasteiger partial charge in [0.25, 0.3) is 0 Å². The molecule has 0 aliphatic heterocycles. The van der Waals surface area contributed by atoms with Crippen molar-refractivity contribution in [1.29, 1.82) is 0 Å². The van der Waals surface area contributed by atoms with E-state index in [2.05, 4.69) is 0 Å². The number of rotatable bonds is 2. The Morgan fingerprint density at radius 2 is 0.750 bits per heavy atom. The van der Waals surface area contributed by atoms with Gasteiger partial charge in [-0.15, -0.1) is 0 Å². The smallest absolute Gasteiger partial charge is 0.143 e. The fourth-order valence-corrected chi connectivity index (χ4v) is 3.70. The minimum atomic E-state index is -0.849. The van der Waals surface area contributed by atoms with Gasteiger partial charge in [-0.3, -0.25) is 0 Å². The highest BCUT2D eigenvalue weighted by Crippen LogP contribution is 2.42. The van der Waals surface area contributed by atoms with Crippen molar-refractivity contribution >= 4 is 43.9 Å². The zero-order valence-electron chi connectivity index (χ0n) is 33.8. The Labute approximate surface area is 209 Å². The molecule has 2 aromatic heterocycles. The van der Waals surface area contributed by atoms with Gasteiger partial charge in [-0.25, -0.2) is 0 Å². The standard InChI is InChI=1S/C30H18O2/c1-2-10-20(24-14-8-16-26-22-12-4-6-18-28(22)32-30(24)26)19(9-1)23-13-7-15-25-21-11-3-5-17-27(21)31-29(23)25/h1-18H/i1D,2D,3D,4D,5D,6D,7D,8D,9D,10D,11D,12D,13D,14D,15D,16D,17D,18D. The van der Waals surface area contributed by atoms with Crippen LogP contribution in [-0.2, 0) is 0 Å². The van der Waals surface area contributed by atoms with Crippen LogP contribution in [0.1, 0.15) is 24.7 Å². The van der Waals surface area contributed by atoms with Crippen LogP contribution >= 0.6 is 0 Å². The summed E-state index contributed by atoms with van der Waals surface area (Å²) in [5.74, 6) is 0. The predicted octanol–water partition coefficient (Wildman–Crippen LogP) is 8.82. The van der Waals surface area contributed by atoms with Gasteiger partial charge in [0.15, 0.2) is 0 Å². The van der Waals surface area contributed by atoms with Gasteiger partial charge in [-0.2, -0.15) is 0 Å². The molecule has 150 valence electrons. The zero-order valence-corrected chi connectivity index (χ0v) is 15.8. The Balaban J connectivity index is 1.79. The molecule has 0 amide bonds. The maximum atomic E-state index is 9.01. The number of benzene rings is 5. The lowest BCUT2D eigenvalue weighted by atomic mass is 9.92. The molecule has 0 bridgehead atoms. The first-order chi connectivity index (χ1) is 23.4. The third-order valence-electron chi connectivity index (χ3n) is 5.06. The van der Waals surface area contributed by atoms with E-state index < -0.39 is 153 Å². The predicted molar refractivity (Wildman–Crippen MR) is 132 cm³/mol. The van der Waals surface area contributed by atoms with Crippen LogP contribution < -0.4 is 0 Å². The number of furan rings is 2. The quantitative estimate of drug-likeness (QED) is 0.275. The molecule has 0 unspecified atom stereocenters. The van der Waals surface area contributed by atoms with Gasteiger partial charge in [0.1, 0.15) is 22.3 Å². The molecule has 7 rings (SSSR count). The van der Waals surface area contributed by atoms with Crippen LogP contribution in [0.3, 0.4) is 0 Å². The largest absolute Gasteiger partial charge is 0.455 e. The molecule has 2 heteroatoms. The Morgan fingerprint density at radius 3 is 1.25 bits per heavy atom. The summed E-state index contributed by atoms with van der Waals surface area (Å²) in [7, 11) is 0. The third kappa shape index (κ3) is 2.41. The number of hydrogen-bond donors (Lipinski definition) is 0. The molecule has 5 aromatic carbocycles. The summed E-state index contributed by atoms with van der Waals surface area (Å²) >= 11 is 0. The summed E-state index contributed by atoms with van der Waals surface area (Å²) in [6.07, 6.45) is 0. The van der Waals surface area contributed by atoms with E-state index in [1.165, 1.54) is 0 Å². The SMILES string of the molecule is [2H]c1c([2H])c([2H])c(-c2c([2H])c([2H])c([2H])c3c2oc2c([2H])c([2H])c([2H])c([2H])c23)c(-c2c([2H])c([2H])c([2H])c3c2oc2c([2H])c([2H])c([2H])c([2H])c23)c1[2H]. The average molecular weight is 429 g/mol. The Kier molecular flexibility index (Phi) is 1.52. The fourth-order valence-electron chi connectivity index (χ4n) is 3.70. The van der Waals surface area contributed by atoms with Crippen molar-refractivity contribution in [3.05, 3.63) is 109 Å². The molecule has 0 spiro atoms. The molecule has 0 atom stereocenters. The minimum Gasteiger partial charge on any atom is -0.455 e. The first kappa shape index (κ1) is 7.39. The molecule has 0 fully saturated rings. The van der Waals surface area contributed by atoms with Crippen LogP contribution in [0.2, 0.25) is 0 Å². The van der Waals surface area contributed by atoms with E-state index >= 15 is 0 Å². The van der Waals surface area contributed by atoms with Gasteiger partial charge in [-0.05, 0) is 23.2 Å². The molecule has 0 N–H and O–H groups in total. The molecule has 0 radical (unpaired) electrons. The monoisotopic (exact) mass is 428 g/mol. The highest BCUT2D eigenvalue weighted by molar-refractivity contribution is 6.13.